The Bertz CT molecular complexity index is 456. The predicted molar refractivity (Wildman–Crippen MR) is 71.8 cm³/mol. The van der Waals surface area contributed by atoms with Gasteiger partial charge in [0.05, 0.1) is 10.0 Å². The summed E-state index contributed by atoms with van der Waals surface area (Å²) in [5, 5.41) is 0. The van der Waals surface area contributed by atoms with Crippen molar-refractivity contribution in [2.45, 2.75) is 19.4 Å². The second-order valence-corrected chi connectivity index (χ2v) is 5.77. The first-order valence-corrected chi connectivity index (χ1v) is 6.77. The Labute approximate surface area is 114 Å². The lowest BCUT2D eigenvalue weighted by molar-refractivity contribution is 0.0656. The zero-order valence-electron chi connectivity index (χ0n) is 10.2. The van der Waals surface area contributed by atoms with Gasteiger partial charge >= 0.3 is 0 Å². The molecule has 2 rings (SSSR count). The first-order valence-electron chi connectivity index (χ1n) is 5.98. The summed E-state index contributed by atoms with van der Waals surface area (Å²) in [5.74, 6) is -0.432. The summed E-state index contributed by atoms with van der Waals surface area (Å²) in [7, 11) is 0. The zero-order chi connectivity index (χ0) is 13.3. The molecule has 1 heterocycles. The van der Waals surface area contributed by atoms with E-state index in [1.807, 2.05) is 0 Å². The average molecular weight is 315 g/mol. The van der Waals surface area contributed by atoms with Crippen LogP contribution in [-0.2, 0) is 0 Å². The Kier molecular flexibility index (Phi) is 4.02. The van der Waals surface area contributed by atoms with Gasteiger partial charge in [-0.05, 0) is 40.4 Å². The number of halogens is 2. The number of hydrogen-bond donors (Lipinski definition) is 1. The van der Waals surface area contributed by atoms with Crippen molar-refractivity contribution in [2.24, 2.45) is 11.7 Å². The van der Waals surface area contributed by atoms with Crippen LogP contribution in [-0.4, -0.2) is 29.9 Å². The number of hydrogen-bond acceptors (Lipinski definition) is 2. The number of nitrogens with zero attached hydrogens (tertiary/aromatic N) is 1. The third kappa shape index (κ3) is 2.72. The molecule has 2 atom stereocenters. The van der Waals surface area contributed by atoms with E-state index < -0.39 is 5.82 Å². The molecule has 1 aliphatic heterocycles. The van der Waals surface area contributed by atoms with Crippen LogP contribution in [0.3, 0.4) is 0 Å². The van der Waals surface area contributed by atoms with E-state index in [1.165, 1.54) is 6.07 Å². The first-order chi connectivity index (χ1) is 8.49. The van der Waals surface area contributed by atoms with Gasteiger partial charge in [-0.1, -0.05) is 13.0 Å². The molecule has 1 aromatic carbocycles. The van der Waals surface area contributed by atoms with E-state index >= 15 is 0 Å². The van der Waals surface area contributed by atoms with Crippen LogP contribution < -0.4 is 5.73 Å². The van der Waals surface area contributed by atoms with Crippen molar-refractivity contribution in [1.82, 2.24) is 4.90 Å². The van der Waals surface area contributed by atoms with E-state index in [0.717, 1.165) is 6.42 Å². The normalized spacial score (nSPS) is 24.1. The summed E-state index contributed by atoms with van der Waals surface area (Å²) in [6.07, 6.45) is 0.907. The molecule has 0 saturated carbocycles. The number of nitrogens with two attached hydrogens (primary N) is 1. The third-order valence-corrected chi connectivity index (χ3v) is 3.77. The highest BCUT2D eigenvalue weighted by Crippen LogP contribution is 2.22. The molecule has 1 aromatic rings. The fraction of sp³-hybridized carbons (Fsp3) is 0.462. The van der Waals surface area contributed by atoms with Crippen molar-refractivity contribution < 1.29 is 9.18 Å². The molecule has 0 aliphatic carbocycles. The maximum atomic E-state index is 13.9. The van der Waals surface area contributed by atoms with E-state index in [1.54, 1.807) is 17.0 Å². The highest BCUT2D eigenvalue weighted by molar-refractivity contribution is 9.10. The molecule has 2 N–H and O–H groups in total. The molecule has 1 fully saturated rings. The molecule has 0 spiro atoms. The van der Waals surface area contributed by atoms with Crippen LogP contribution in [0.2, 0.25) is 0 Å². The molecular formula is C13H16BrFN2O. The van der Waals surface area contributed by atoms with Crippen molar-refractivity contribution >= 4 is 21.8 Å². The van der Waals surface area contributed by atoms with Crippen LogP contribution in [0.15, 0.2) is 22.7 Å². The third-order valence-electron chi connectivity index (χ3n) is 3.16. The van der Waals surface area contributed by atoms with Crippen molar-refractivity contribution in [3.63, 3.8) is 0 Å². The van der Waals surface area contributed by atoms with Gasteiger partial charge in [0, 0.05) is 19.1 Å². The quantitative estimate of drug-likeness (QED) is 0.865. The van der Waals surface area contributed by atoms with Crippen molar-refractivity contribution in [3.8, 4) is 0 Å². The van der Waals surface area contributed by atoms with Gasteiger partial charge in [0.2, 0.25) is 0 Å². The van der Waals surface area contributed by atoms with E-state index in [-0.39, 0.29) is 17.5 Å². The predicted octanol–water partition coefficient (Wildman–Crippen LogP) is 2.40. The average Bonchev–Trinajstić information content (AvgIpc) is 2.30. The van der Waals surface area contributed by atoms with Gasteiger partial charge in [-0.3, -0.25) is 4.79 Å². The molecule has 5 heteroatoms. The summed E-state index contributed by atoms with van der Waals surface area (Å²) in [6.45, 7) is 3.18. The number of carbonyl (C=O) groups excluding carboxylic acids is 1. The topological polar surface area (TPSA) is 46.3 Å². The van der Waals surface area contributed by atoms with Crippen molar-refractivity contribution in [2.75, 3.05) is 13.1 Å². The van der Waals surface area contributed by atoms with Crippen LogP contribution in [0.4, 0.5) is 4.39 Å². The highest BCUT2D eigenvalue weighted by atomic mass is 79.9. The monoisotopic (exact) mass is 314 g/mol. The number of likely N-dealkylation sites (tertiary alicyclic amines) is 1. The van der Waals surface area contributed by atoms with Crippen LogP contribution in [0.25, 0.3) is 0 Å². The highest BCUT2D eigenvalue weighted by Gasteiger charge is 2.28. The summed E-state index contributed by atoms with van der Waals surface area (Å²) < 4.78 is 14.2. The van der Waals surface area contributed by atoms with Crippen LogP contribution in [0.1, 0.15) is 23.7 Å². The summed E-state index contributed by atoms with van der Waals surface area (Å²) in [6, 6.07) is 4.73. The minimum atomic E-state index is -0.505. The standard InChI is InChI=1S/C13H16BrFN2O/c1-8-5-9(16)7-17(6-8)13(18)10-3-2-4-11(14)12(10)15/h2-4,8-9H,5-7,16H2,1H3. The Morgan fingerprint density at radius 1 is 1.50 bits per heavy atom. The molecule has 3 nitrogen and oxygen atoms in total. The Morgan fingerprint density at radius 3 is 2.89 bits per heavy atom. The number of benzene rings is 1. The largest absolute Gasteiger partial charge is 0.337 e. The molecule has 0 radical (unpaired) electrons. The van der Waals surface area contributed by atoms with Gasteiger partial charge in [-0.2, -0.15) is 0 Å². The lowest BCUT2D eigenvalue weighted by Gasteiger charge is -2.34. The molecule has 18 heavy (non-hydrogen) atoms. The lowest BCUT2D eigenvalue weighted by atomic mass is 9.96. The smallest absolute Gasteiger partial charge is 0.256 e. The Balaban J connectivity index is 2.23. The second-order valence-electron chi connectivity index (χ2n) is 4.91. The fourth-order valence-electron chi connectivity index (χ4n) is 2.40. The molecule has 2 unspecified atom stereocenters. The Hall–Kier alpha value is -0.940. The number of rotatable bonds is 1. The van der Waals surface area contributed by atoms with Gasteiger partial charge < -0.3 is 10.6 Å². The molecule has 0 aromatic heterocycles. The first kappa shape index (κ1) is 13.5. The lowest BCUT2D eigenvalue weighted by Crippen LogP contribution is -2.49. The van der Waals surface area contributed by atoms with E-state index in [9.17, 15) is 9.18 Å². The van der Waals surface area contributed by atoms with Gasteiger partial charge in [0.1, 0.15) is 5.82 Å². The van der Waals surface area contributed by atoms with E-state index in [4.69, 9.17) is 5.73 Å². The fourth-order valence-corrected chi connectivity index (χ4v) is 2.77. The zero-order valence-corrected chi connectivity index (χ0v) is 11.8. The van der Waals surface area contributed by atoms with Gasteiger partial charge in [-0.25, -0.2) is 4.39 Å². The van der Waals surface area contributed by atoms with Crippen LogP contribution in [0.5, 0.6) is 0 Å². The summed E-state index contributed by atoms with van der Waals surface area (Å²) in [5.41, 5.74) is 6.00. The second kappa shape index (κ2) is 5.36. The van der Waals surface area contributed by atoms with Gasteiger partial charge in [0.25, 0.3) is 5.91 Å². The molecule has 1 saturated heterocycles. The SMILES string of the molecule is CC1CC(N)CN(C(=O)c2cccc(Br)c2F)C1. The molecule has 1 aliphatic rings. The molecule has 1 amide bonds. The molecule has 98 valence electrons. The summed E-state index contributed by atoms with van der Waals surface area (Å²) >= 11 is 3.09. The van der Waals surface area contributed by atoms with E-state index in [0.29, 0.717) is 23.5 Å². The number of carbonyl (C=O) groups is 1. The van der Waals surface area contributed by atoms with Crippen LogP contribution in [0, 0.1) is 11.7 Å². The van der Waals surface area contributed by atoms with Gasteiger partial charge in [0.15, 0.2) is 0 Å². The number of piperidine rings is 1. The van der Waals surface area contributed by atoms with Crippen molar-refractivity contribution in [3.05, 3.63) is 34.1 Å². The summed E-state index contributed by atoms with van der Waals surface area (Å²) in [4.78, 5) is 13.9. The van der Waals surface area contributed by atoms with Gasteiger partial charge in [-0.15, -0.1) is 0 Å². The van der Waals surface area contributed by atoms with Crippen molar-refractivity contribution in [1.29, 1.82) is 0 Å². The minimum absolute atomic E-state index is 0.0204. The maximum Gasteiger partial charge on any atom is 0.256 e. The molecular weight excluding hydrogens is 299 g/mol. The maximum absolute atomic E-state index is 13.9. The minimum Gasteiger partial charge on any atom is -0.337 e. The van der Waals surface area contributed by atoms with Crippen LogP contribution >= 0.6 is 15.9 Å². The number of amides is 1. The van der Waals surface area contributed by atoms with E-state index in [2.05, 4.69) is 22.9 Å². The molecule has 0 bridgehead atoms. The Morgan fingerprint density at radius 2 is 2.22 bits per heavy atom.